The van der Waals surface area contributed by atoms with E-state index in [1.807, 2.05) is 13.8 Å². The molecule has 0 saturated heterocycles. The minimum Gasteiger partial charge on any atom is -0.481 e. The molecule has 0 radical (unpaired) electrons. The number of nitriles is 1. The van der Waals surface area contributed by atoms with Crippen LogP contribution in [0.4, 0.5) is 5.82 Å². The van der Waals surface area contributed by atoms with Gasteiger partial charge < -0.3 is 10.5 Å². The van der Waals surface area contributed by atoms with E-state index < -0.39 is 0 Å². The van der Waals surface area contributed by atoms with E-state index in [0.29, 0.717) is 23.1 Å². The quantitative estimate of drug-likeness (QED) is 0.864. The van der Waals surface area contributed by atoms with Crippen LogP contribution in [0.3, 0.4) is 0 Å². The Labute approximate surface area is 105 Å². The Kier molecular flexibility index (Phi) is 2.75. The molecule has 0 unspecified atom stereocenters. The van der Waals surface area contributed by atoms with Crippen molar-refractivity contribution in [3.05, 3.63) is 22.9 Å². The van der Waals surface area contributed by atoms with E-state index in [2.05, 4.69) is 11.2 Å². The molecule has 6 heteroatoms. The average molecular weight is 245 g/mol. The van der Waals surface area contributed by atoms with Crippen LogP contribution in [0.5, 0.6) is 5.88 Å². The number of ether oxygens (including phenoxy) is 1. The summed E-state index contributed by atoms with van der Waals surface area (Å²) < 4.78 is 8.55. The van der Waals surface area contributed by atoms with Gasteiger partial charge in [-0.25, -0.2) is 4.68 Å². The highest BCUT2D eigenvalue weighted by Gasteiger charge is 2.18. The van der Waals surface area contributed by atoms with Crippen molar-refractivity contribution in [3.63, 3.8) is 0 Å². The Balaban J connectivity index is 2.68. The first kappa shape index (κ1) is 12.0. The second kappa shape index (κ2) is 4.11. The maximum Gasteiger partial charge on any atom is 0.213 e. The number of methoxy groups -OCH3 is 1. The van der Waals surface area contributed by atoms with Crippen molar-refractivity contribution in [3.8, 4) is 17.8 Å². The largest absolute Gasteiger partial charge is 0.481 e. The monoisotopic (exact) mass is 245 g/mol. The van der Waals surface area contributed by atoms with Crippen LogP contribution in [0.1, 0.15) is 16.8 Å². The fourth-order valence-corrected chi connectivity index (χ4v) is 2.01. The minimum atomic E-state index is 0.410. The molecule has 0 atom stereocenters. The second-order valence-corrected chi connectivity index (χ2v) is 4.09. The van der Waals surface area contributed by atoms with Gasteiger partial charge in [0.25, 0.3) is 0 Å². The van der Waals surface area contributed by atoms with Crippen molar-refractivity contribution in [2.24, 2.45) is 7.05 Å². The van der Waals surface area contributed by atoms with Gasteiger partial charge in [-0.3, -0.25) is 4.57 Å². The van der Waals surface area contributed by atoms with Crippen LogP contribution >= 0.6 is 0 Å². The Hall–Kier alpha value is -2.42. The van der Waals surface area contributed by atoms with Gasteiger partial charge in [-0.2, -0.15) is 10.4 Å². The van der Waals surface area contributed by atoms with Gasteiger partial charge in [-0.05, 0) is 19.4 Å². The number of nitrogen functional groups attached to an aromatic ring is 1. The first-order valence-corrected chi connectivity index (χ1v) is 5.47. The highest BCUT2D eigenvalue weighted by atomic mass is 16.5. The summed E-state index contributed by atoms with van der Waals surface area (Å²) in [5.74, 6) is 1.69. The van der Waals surface area contributed by atoms with Gasteiger partial charge in [0.1, 0.15) is 11.9 Å². The summed E-state index contributed by atoms with van der Waals surface area (Å²) in [7, 11) is 3.37. The lowest BCUT2D eigenvalue weighted by Gasteiger charge is -2.04. The highest BCUT2D eigenvalue weighted by molar-refractivity contribution is 5.61. The molecule has 0 aliphatic rings. The first-order chi connectivity index (χ1) is 8.51. The Bertz CT molecular complexity index is 644. The van der Waals surface area contributed by atoms with E-state index in [9.17, 15) is 0 Å². The van der Waals surface area contributed by atoms with Crippen LogP contribution in [0.15, 0.2) is 6.07 Å². The molecular formula is C12H15N5O. The molecule has 2 aromatic rings. The summed E-state index contributed by atoms with van der Waals surface area (Å²) in [4.78, 5) is 0. The van der Waals surface area contributed by atoms with Gasteiger partial charge in [0.15, 0.2) is 5.82 Å². The molecule has 2 aromatic heterocycles. The molecule has 0 fully saturated rings. The van der Waals surface area contributed by atoms with E-state index >= 15 is 0 Å². The number of aromatic nitrogens is 3. The SMILES string of the molecule is COc1cc(-n2c(C)c(C)c(C#N)c2N)nn1C. The molecule has 18 heavy (non-hydrogen) atoms. The molecule has 6 nitrogen and oxygen atoms in total. The summed E-state index contributed by atoms with van der Waals surface area (Å²) in [5, 5.41) is 13.4. The maximum absolute atomic E-state index is 9.10. The standard InChI is InChI=1S/C12H15N5O/c1-7-8(2)17(12(14)9(7)6-13)10-5-11(18-4)16(3)15-10/h5H,14H2,1-4H3. The van der Waals surface area contributed by atoms with Crippen LogP contribution in [-0.2, 0) is 7.05 Å². The Morgan fingerprint density at radius 3 is 2.56 bits per heavy atom. The van der Waals surface area contributed by atoms with Crippen molar-refractivity contribution < 1.29 is 4.74 Å². The molecule has 94 valence electrons. The molecule has 2 heterocycles. The number of anilines is 1. The summed E-state index contributed by atoms with van der Waals surface area (Å²) in [5.41, 5.74) is 8.28. The fourth-order valence-electron chi connectivity index (χ4n) is 2.01. The molecule has 2 N–H and O–H groups in total. The molecule has 0 aliphatic heterocycles. The van der Waals surface area contributed by atoms with E-state index in [1.54, 1.807) is 29.5 Å². The number of hydrogen-bond donors (Lipinski definition) is 1. The van der Waals surface area contributed by atoms with E-state index in [4.69, 9.17) is 15.7 Å². The predicted octanol–water partition coefficient (Wildman–Crippen LogP) is 1.29. The van der Waals surface area contributed by atoms with E-state index in [0.717, 1.165) is 11.3 Å². The number of hydrogen-bond acceptors (Lipinski definition) is 4. The smallest absolute Gasteiger partial charge is 0.213 e. The minimum absolute atomic E-state index is 0.410. The zero-order valence-electron chi connectivity index (χ0n) is 10.9. The van der Waals surface area contributed by atoms with Crippen molar-refractivity contribution >= 4 is 5.82 Å². The van der Waals surface area contributed by atoms with E-state index in [-0.39, 0.29) is 0 Å². The molecule has 2 rings (SSSR count). The number of aryl methyl sites for hydroxylation is 1. The van der Waals surface area contributed by atoms with Crippen LogP contribution in [0.2, 0.25) is 0 Å². The fraction of sp³-hybridized carbons (Fsp3) is 0.333. The van der Waals surface area contributed by atoms with Crippen molar-refractivity contribution in [2.75, 3.05) is 12.8 Å². The first-order valence-electron chi connectivity index (χ1n) is 5.47. The molecule has 0 amide bonds. The summed E-state index contributed by atoms with van der Waals surface area (Å²) in [6.45, 7) is 3.79. The summed E-state index contributed by atoms with van der Waals surface area (Å²) in [6.07, 6.45) is 0. The summed E-state index contributed by atoms with van der Waals surface area (Å²) >= 11 is 0. The predicted molar refractivity (Wildman–Crippen MR) is 67.7 cm³/mol. The zero-order valence-corrected chi connectivity index (χ0v) is 10.9. The number of nitrogens with two attached hydrogens (primary N) is 1. The van der Waals surface area contributed by atoms with Gasteiger partial charge in [0, 0.05) is 18.8 Å². The molecule has 0 spiro atoms. The molecular weight excluding hydrogens is 230 g/mol. The van der Waals surface area contributed by atoms with E-state index in [1.165, 1.54) is 0 Å². The van der Waals surface area contributed by atoms with Gasteiger partial charge >= 0.3 is 0 Å². The van der Waals surface area contributed by atoms with Gasteiger partial charge in [0.05, 0.1) is 12.7 Å². The zero-order chi connectivity index (χ0) is 13.4. The van der Waals surface area contributed by atoms with Crippen LogP contribution in [0.25, 0.3) is 5.82 Å². The Morgan fingerprint density at radius 2 is 2.11 bits per heavy atom. The lowest BCUT2D eigenvalue weighted by atomic mass is 10.2. The highest BCUT2D eigenvalue weighted by Crippen LogP contribution is 2.28. The van der Waals surface area contributed by atoms with Crippen LogP contribution in [-0.4, -0.2) is 21.5 Å². The average Bonchev–Trinajstić information content (AvgIpc) is 2.79. The van der Waals surface area contributed by atoms with Gasteiger partial charge in [0.2, 0.25) is 5.88 Å². The normalized spacial score (nSPS) is 10.4. The van der Waals surface area contributed by atoms with Crippen molar-refractivity contribution in [1.82, 2.24) is 14.3 Å². The molecule has 0 aliphatic carbocycles. The second-order valence-electron chi connectivity index (χ2n) is 4.09. The third-order valence-corrected chi connectivity index (χ3v) is 3.12. The molecule has 0 saturated carbocycles. The van der Waals surface area contributed by atoms with Gasteiger partial charge in [-0.1, -0.05) is 0 Å². The maximum atomic E-state index is 9.10. The Morgan fingerprint density at radius 1 is 1.44 bits per heavy atom. The summed E-state index contributed by atoms with van der Waals surface area (Å²) in [6, 6.07) is 3.90. The third kappa shape index (κ3) is 1.52. The molecule has 0 bridgehead atoms. The van der Waals surface area contributed by atoms with Crippen LogP contribution < -0.4 is 10.5 Å². The third-order valence-electron chi connectivity index (χ3n) is 3.12. The van der Waals surface area contributed by atoms with Crippen molar-refractivity contribution in [1.29, 1.82) is 5.26 Å². The van der Waals surface area contributed by atoms with Crippen molar-refractivity contribution in [2.45, 2.75) is 13.8 Å². The number of nitrogens with zero attached hydrogens (tertiary/aromatic N) is 4. The number of rotatable bonds is 2. The lowest BCUT2D eigenvalue weighted by Crippen LogP contribution is -2.04. The van der Waals surface area contributed by atoms with Gasteiger partial charge in [-0.15, -0.1) is 0 Å². The topological polar surface area (TPSA) is 81.8 Å². The lowest BCUT2D eigenvalue weighted by molar-refractivity contribution is 0.373. The van der Waals surface area contributed by atoms with Crippen LogP contribution in [0, 0.1) is 25.2 Å². The molecule has 0 aromatic carbocycles.